The molecule has 0 spiro atoms. The molecule has 10 heavy (non-hydrogen) atoms. The molecule has 0 saturated carbocycles. The van der Waals surface area contributed by atoms with Crippen LogP contribution in [0.2, 0.25) is 0 Å². The van der Waals surface area contributed by atoms with Gasteiger partial charge in [0.15, 0.2) is 0 Å². The van der Waals surface area contributed by atoms with E-state index >= 15 is 0 Å². The van der Waals surface area contributed by atoms with Crippen molar-refractivity contribution in [2.75, 3.05) is 0 Å². The molecule has 0 aromatic carbocycles. The molecule has 2 heterocycles. The second kappa shape index (κ2) is 1.98. The Morgan fingerprint density at radius 3 is 3.50 bits per heavy atom. The number of aromatic amines is 1. The van der Waals surface area contributed by atoms with Crippen molar-refractivity contribution in [3.05, 3.63) is 24.5 Å². The van der Waals surface area contributed by atoms with Crippen LogP contribution < -0.4 is 4.74 Å². The number of hydrogen-bond donors (Lipinski definition) is 1. The zero-order chi connectivity index (χ0) is 6.81. The van der Waals surface area contributed by atoms with Gasteiger partial charge in [0.05, 0.1) is 18.7 Å². The van der Waals surface area contributed by atoms with Crippen molar-refractivity contribution < 1.29 is 4.74 Å². The molecule has 0 amide bonds. The van der Waals surface area contributed by atoms with Crippen molar-refractivity contribution in [2.45, 2.75) is 0 Å². The quantitative estimate of drug-likeness (QED) is 0.569. The van der Waals surface area contributed by atoms with E-state index in [2.05, 4.69) is 15.0 Å². The Hall–Kier alpha value is -1.58. The van der Waals surface area contributed by atoms with E-state index < -0.39 is 0 Å². The van der Waals surface area contributed by atoms with Crippen LogP contribution in [0.1, 0.15) is 5.69 Å². The van der Waals surface area contributed by atoms with Gasteiger partial charge < -0.3 is 9.72 Å². The Morgan fingerprint density at radius 2 is 2.50 bits per heavy atom. The van der Waals surface area contributed by atoms with Gasteiger partial charge >= 0.3 is 0 Å². The molecule has 1 aliphatic heterocycles. The summed E-state index contributed by atoms with van der Waals surface area (Å²) in [7, 11) is 0. The van der Waals surface area contributed by atoms with Crippen LogP contribution >= 0.6 is 0 Å². The molecule has 0 radical (unpaired) electrons. The molecule has 0 saturated heterocycles. The highest BCUT2D eigenvalue weighted by molar-refractivity contribution is 5.80. The fourth-order valence-electron chi connectivity index (χ4n) is 0.726. The maximum atomic E-state index is 5.04. The number of ether oxygens (including phenoxy) is 1. The molecular formula is C6H5N3O. The molecular weight excluding hydrogens is 130 g/mol. The summed E-state index contributed by atoms with van der Waals surface area (Å²) < 4.78 is 5.04. The number of nitrogens with zero attached hydrogens (tertiary/aromatic N) is 2. The SMILES string of the molecule is C1=COc2nc[nH]c2C=N1. The number of imidazole rings is 1. The third-order valence-corrected chi connectivity index (χ3v) is 1.16. The van der Waals surface area contributed by atoms with Crippen LogP contribution in [0.25, 0.3) is 0 Å². The van der Waals surface area contributed by atoms with Crippen LogP contribution in [0.15, 0.2) is 23.8 Å². The number of aromatic nitrogens is 2. The molecule has 1 aromatic rings. The van der Waals surface area contributed by atoms with Gasteiger partial charge in [-0.15, -0.1) is 0 Å². The number of hydrogen-bond acceptors (Lipinski definition) is 3. The van der Waals surface area contributed by atoms with Crippen molar-refractivity contribution in [3.63, 3.8) is 0 Å². The van der Waals surface area contributed by atoms with Gasteiger partial charge in [-0.3, -0.25) is 4.99 Å². The maximum Gasteiger partial charge on any atom is 0.245 e. The first-order valence-corrected chi connectivity index (χ1v) is 2.85. The van der Waals surface area contributed by atoms with E-state index in [0.717, 1.165) is 5.69 Å². The Bertz CT molecular complexity index is 287. The first-order chi connectivity index (χ1) is 4.97. The minimum atomic E-state index is 0.567. The smallest absolute Gasteiger partial charge is 0.245 e. The standard InChI is InChI=1S/C6H5N3O/c1-2-10-6-5(3-7-1)8-4-9-6/h1-4H,(H,8,9). The van der Waals surface area contributed by atoms with Gasteiger partial charge in [-0.05, 0) is 0 Å². The predicted octanol–water partition coefficient (Wildman–Crippen LogP) is 0.692. The minimum absolute atomic E-state index is 0.567. The van der Waals surface area contributed by atoms with Gasteiger partial charge in [0, 0.05) is 0 Å². The summed E-state index contributed by atoms with van der Waals surface area (Å²) in [5.41, 5.74) is 0.796. The molecule has 0 atom stereocenters. The second-order valence-corrected chi connectivity index (χ2v) is 1.80. The van der Waals surface area contributed by atoms with E-state index in [1.54, 1.807) is 18.7 Å². The van der Waals surface area contributed by atoms with Crippen molar-refractivity contribution in [1.82, 2.24) is 9.97 Å². The molecule has 4 nitrogen and oxygen atoms in total. The zero-order valence-electron chi connectivity index (χ0n) is 5.11. The predicted molar refractivity (Wildman–Crippen MR) is 35.9 cm³/mol. The second-order valence-electron chi connectivity index (χ2n) is 1.80. The lowest BCUT2D eigenvalue weighted by Gasteiger charge is -1.90. The topological polar surface area (TPSA) is 50.3 Å². The van der Waals surface area contributed by atoms with Crippen LogP contribution in [0.5, 0.6) is 5.88 Å². The average Bonchev–Trinajstić information content (AvgIpc) is 2.28. The summed E-state index contributed by atoms with van der Waals surface area (Å²) in [6.07, 6.45) is 6.28. The summed E-state index contributed by atoms with van der Waals surface area (Å²) in [4.78, 5) is 10.7. The van der Waals surface area contributed by atoms with Gasteiger partial charge in [0.25, 0.3) is 0 Å². The van der Waals surface area contributed by atoms with Gasteiger partial charge in [0.2, 0.25) is 5.88 Å². The zero-order valence-corrected chi connectivity index (χ0v) is 5.11. The van der Waals surface area contributed by atoms with E-state index in [1.807, 2.05) is 0 Å². The van der Waals surface area contributed by atoms with E-state index in [-0.39, 0.29) is 0 Å². The van der Waals surface area contributed by atoms with Gasteiger partial charge in [-0.1, -0.05) is 0 Å². The van der Waals surface area contributed by atoms with E-state index in [0.29, 0.717) is 5.88 Å². The van der Waals surface area contributed by atoms with Gasteiger partial charge in [-0.2, -0.15) is 0 Å². The fourth-order valence-corrected chi connectivity index (χ4v) is 0.726. The Kier molecular flexibility index (Phi) is 1.04. The third-order valence-electron chi connectivity index (χ3n) is 1.16. The number of aliphatic imine (C=N–C) groups is 1. The van der Waals surface area contributed by atoms with Crippen molar-refractivity contribution in [3.8, 4) is 5.88 Å². The Labute approximate surface area is 57.3 Å². The first kappa shape index (κ1) is 5.22. The van der Waals surface area contributed by atoms with E-state index in [1.165, 1.54) is 6.26 Å². The summed E-state index contributed by atoms with van der Waals surface area (Å²) in [5, 5.41) is 0. The lowest BCUT2D eigenvalue weighted by Crippen LogP contribution is -1.84. The van der Waals surface area contributed by atoms with Crippen molar-refractivity contribution >= 4 is 6.21 Å². The lowest BCUT2D eigenvalue weighted by molar-refractivity contribution is 0.463. The third kappa shape index (κ3) is 0.699. The summed E-state index contributed by atoms with van der Waals surface area (Å²) in [5.74, 6) is 0.567. The van der Waals surface area contributed by atoms with E-state index in [4.69, 9.17) is 4.74 Å². The molecule has 0 unspecified atom stereocenters. The molecule has 0 fully saturated rings. The normalized spacial score (nSPS) is 14.0. The minimum Gasteiger partial charge on any atom is -0.443 e. The molecule has 0 bridgehead atoms. The van der Waals surface area contributed by atoms with Gasteiger partial charge in [0.1, 0.15) is 12.0 Å². The molecule has 50 valence electrons. The molecule has 1 N–H and O–H groups in total. The van der Waals surface area contributed by atoms with Gasteiger partial charge in [-0.25, -0.2) is 4.98 Å². The highest BCUT2D eigenvalue weighted by Gasteiger charge is 2.03. The number of fused-ring (bicyclic) bond motifs is 1. The van der Waals surface area contributed by atoms with Crippen LogP contribution in [-0.2, 0) is 0 Å². The molecule has 1 aliphatic rings. The monoisotopic (exact) mass is 135 g/mol. The Morgan fingerprint density at radius 1 is 1.50 bits per heavy atom. The number of H-pyrrole nitrogens is 1. The molecule has 2 rings (SSSR count). The molecule has 0 aliphatic carbocycles. The van der Waals surface area contributed by atoms with Crippen molar-refractivity contribution in [1.29, 1.82) is 0 Å². The lowest BCUT2D eigenvalue weighted by atomic mass is 10.5. The number of rotatable bonds is 0. The highest BCUT2D eigenvalue weighted by atomic mass is 16.5. The first-order valence-electron chi connectivity index (χ1n) is 2.85. The van der Waals surface area contributed by atoms with Crippen LogP contribution in [0.3, 0.4) is 0 Å². The van der Waals surface area contributed by atoms with Crippen molar-refractivity contribution in [2.24, 2.45) is 4.99 Å². The summed E-state index contributed by atoms with van der Waals surface area (Å²) in [6.45, 7) is 0. The highest BCUT2D eigenvalue weighted by Crippen LogP contribution is 2.11. The van der Waals surface area contributed by atoms with Crippen LogP contribution in [0, 0.1) is 0 Å². The molecule has 4 heteroatoms. The number of nitrogens with one attached hydrogen (secondary N) is 1. The molecule has 1 aromatic heterocycles. The average molecular weight is 135 g/mol. The summed E-state index contributed by atoms with van der Waals surface area (Å²) in [6, 6.07) is 0. The maximum absolute atomic E-state index is 5.04. The van der Waals surface area contributed by atoms with E-state index in [9.17, 15) is 0 Å². The Balaban J connectivity index is 2.50. The fraction of sp³-hybridized carbons (Fsp3) is 0. The van der Waals surface area contributed by atoms with Crippen LogP contribution in [-0.4, -0.2) is 16.2 Å². The largest absolute Gasteiger partial charge is 0.443 e. The van der Waals surface area contributed by atoms with Crippen LogP contribution in [0.4, 0.5) is 0 Å². The summed E-state index contributed by atoms with van der Waals surface area (Å²) >= 11 is 0.